The van der Waals surface area contributed by atoms with E-state index in [1.54, 1.807) is 0 Å². The molecule has 2 amide bonds. The maximum Gasteiger partial charge on any atom is 0.408 e. The number of carbonyl (C=O) groups excluding carboxylic acids is 3. The summed E-state index contributed by atoms with van der Waals surface area (Å²) in [7, 11) is 1.38. The predicted octanol–water partition coefficient (Wildman–Crippen LogP) is 2.74. The average molecular weight is 422 g/mol. The Morgan fingerprint density at radius 1 is 0.935 bits per heavy atom. The molecule has 0 radical (unpaired) electrons. The number of rotatable bonds is 8. The fourth-order valence-electron chi connectivity index (χ4n) is 4.67. The van der Waals surface area contributed by atoms with Crippen LogP contribution in [-0.2, 0) is 32.1 Å². The summed E-state index contributed by atoms with van der Waals surface area (Å²) >= 11 is 0. The summed E-state index contributed by atoms with van der Waals surface area (Å²) in [6.45, 7) is 0.123. The number of nitrogens with one attached hydrogen (secondary N) is 2. The third-order valence-corrected chi connectivity index (χ3v) is 6.14. The third kappa shape index (κ3) is 4.40. The fraction of sp³-hybridized carbons (Fsp3) is 0.375. The van der Waals surface area contributed by atoms with E-state index in [0.717, 1.165) is 11.1 Å². The first kappa shape index (κ1) is 20.9. The molecule has 0 saturated heterocycles. The van der Waals surface area contributed by atoms with Gasteiger partial charge in [0.15, 0.2) is 0 Å². The van der Waals surface area contributed by atoms with Gasteiger partial charge in [0.1, 0.15) is 12.6 Å². The van der Waals surface area contributed by atoms with Gasteiger partial charge in [-0.15, -0.1) is 0 Å². The molecule has 2 aromatic rings. The highest BCUT2D eigenvalue weighted by Gasteiger charge is 2.73. The van der Waals surface area contributed by atoms with Crippen molar-refractivity contribution in [3.8, 4) is 0 Å². The SMILES string of the molecule is COC(=O)C12CC(NC(=O)C(Cc3ccccc3)NC(=O)OCc3ccccc3)(C1)C2. The van der Waals surface area contributed by atoms with Crippen LogP contribution < -0.4 is 10.6 Å². The lowest BCUT2D eigenvalue weighted by molar-refractivity contribution is -0.203. The highest BCUT2D eigenvalue weighted by Crippen LogP contribution is 2.67. The van der Waals surface area contributed by atoms with Crippen LogP contribution in [0.3, 0.4) is 0 Å². The first-order valence-electron chi connectivity index (χ1n) is 10.4. The Morgan fingerprint density at radius 2 is 1.52 bits per heavy atom. The Balaban J connectivity index is 1.37. The fourth-order valence-corrected chi connectivity index (χ4v) is 4.67. The number of carbonyl (C=O) groups is 3. The maximum absolute atomic E-state index is 13.0. The normalized spacial score (nSPS) is 24.0. The average Bonchev–Trinajstić information content (AvgIpc) is 2.74. The molecule has 5 rings (SSSR count). The van der Waals surface area contributed by atoms with Crippen molar-refractivity contribution in [2.45, 2.75) is 43.9 Å². The molecule has 2 bridgehead atoms. The number of methoxy groups -OCH3 is 1. The molecule has 3 aliphatic rings. The monoisotopic (exact) mass is 422 g/mol. The van der Waals surface area contributed by atoms with Gasteiger partial charge in [0, 0.05) is 12.0 Å². The second-order valence-corrected chi connectivity index (χ2v) is 8.52. The third-order valence-electron chi connectivity index (χ3n) is 6.14. The Kier molecular flexibility index (Phi) is 5.67. The molecule has 0 spiro atoms. The number of ether oxygens (including phenoxy) is 2. The van der Waals surface area contributed by atoms with Crippen LogP contribution in [0.25, 0.3) is 0 Å². The molecule has 31 heavy (non-hydrogen) atoms. The summed E-state index contributed by atoms with van der Waals surface area (Å²) in [5, 5.41) is 5.75. The van der Waals surface area contributed by atoms with Crippen LogP contribution in [0.4, 0.5) is 4.79 Å². The molecule has 3 aliphatic carbocycles. The van der Waals surface area contributed by atoms with Crippen LogP contribution in [0.5, 0.6) is 0 Å². The summed E-state index contributed by atoms with van der Waals surface area (Å²) < 4.78 is 10.2. The van der Waals surface area contributed by atoms with Gasteiger partial charge in [-0.3, -0.25) is 9.59 Å². The minimum Gasteiger partial charge on any atom is -0.469 e. The molecule has 7 heteroatoms. The van der Waals surface area contributed by atoms with Gasteiger partial charge >= 0.3 is 12.1 Å². The standard InChI is InChI=1S/C24H26N2O5/c1-30-21(28)23-14-24(15-23,16-23)26-20(27)19(12-17-8-4-2-5-9-17)25-22(29)31-13-18-10-6-3-7-11-18/h2-11,19H,12-16H2,1H3,(H,25,29)(H,26,27). The molecule has 162 valence electrons. The molecular weight excluding hydrogens is 396 g/mol. The van der Waals surface area contributed by atoms with E-state index in [2.05, 4.69) is 10.6 Å². The first-order chi connectivity index (χ1) is 14.9. The van der Waals surface area contributed by atoms with E-state index >= 15 is 0 Å². The van der Waals surface area contributed by atoms with Crippen molar-refractivity contribution in [3.63, 3.8) is 0 Å². The summed E-state index contributed by atoms with van der Waals surface area (Å²) in [5.74, 6) is -0.495. The van der Waals surface area contributed by atoms with Crippen molar-refractivity contribution in [1.82, 2.24) is 10.6 Å². The zero-order valence-corrected chi connectivity index (χ0v) is 17.4. The lowest BCUT2D eigenvalue weighted by atomic mass is 9.39. The molecule has 1 unspecified atom stereocenters. The van der Waals surface area contributed by atoms with E-state index in [9.17, 15) is 14.4 Å². The van der Waals surface area contributed by atoms with Gasteiger partial charge in [-0.1, -0.05) is 60.7 Å². The Hall–Kier alpha value is -3.35. The van der Waals surface area contributed by atoms with Crippen LogP contribution in [0.1, 0.15) is 30.4 Å². The Morgan fingerprint density at radius 3 is 2.10 bits per heavy atom. The van der Waals surface area contributed by atoms with E-state index in [1.165, 1.54) is 7.11 Å². The molecular formula is C24H26N2O5. The smallest absolute Gasteiger partial charge is 0.408 e. The van der Waals surface area contributed by atoms with E-state index in [-0.39, 0.29) is 24.0 Å². The summed E-state index contributed by atoms with van der Waals surface area (Å²) in [6.07, 6.45) is 1.42. The first-order valence-corrected chi connectivity index (χ1v) is 10.4. The zero-order chi connectivity index (χ0) is 21.9. The van der Waals surface area contributed by atoms with Crippen molar-refractivity contribution in [1.29, 1.82) is 0 Å². The van der Waals surface area contributed by atoms with Gasteiger partial charge in [0.2, 0.25) is 5.91 Å². The van der Waals surface area contributed by atoms with Gasteiger partial charge in [0.05, 0.1) is 12.5 Å². The molecule has 7 nitrogen and oxygen atoms in total. The number of hydrogen-bond acceptors (Lipinski definition) is 5. The second-order valence-electron chi connectivity index (χ2n) is 8.52. The molecule has 0 heterocycles. The predicted molar refractivity (Wildman–Crippen MR) is 113 cm³/mol. The highest BCUT2D eigenvalue weighted by molar-refractivity contribution is 5.89. The highest BCUT2D eigenvalue weighted by atomic mass is 16.5. The topological polar surface area (TPSA) is 93.7 Å². The van der Waals surface area contributed by atoms with Crippen LogP contribution in [-0.4, -0.2) is 36.7 Å². The second kappa shape index (κ2) is 8.41. The number of alkyl carbamates (subject to hydrolysis) is 1. The summed E-state index contributed by atoms with van der Waals surface area (Å²) in [6, 6.07) is 18.1. The van der Waals surface area contributed by atoms with E-state index in [4.69, 9.17) is 9.47 Å². The number of benzene rings is 2. The van der Waals surface area contributed by atoms with Gasteiger partial charge < -0.3 is 20.1 Å². The molecule has 0 aliphatic heterocycles. The molecule has 2 N–H and O–H groups in total. The quantitative estimate of drug-likeness (QED) is 0.638. The van der Waals surface area contributed by atoms with Crippen molar-refractivity contribution in [3.05, 3.63) is 71.8 Å². The van der Waals surface area contributed by atoms with Gasteiger partial charge in [-0.05, 0) is 30.4 Å². The van der Waals surface area contributed by atoms with Crippen molar-refractivity contribution in [2.75, 3.05) is 7.11 Å². The molecule has 2 aromatic carbocycles. The number of amides is 2. The lowest BCUT2D eigenvalue weighted by Gasteiger charge is -2.68. The van der Waals surface area contributed by atoms with Crippen LogP contribution >= 0.6 is 0 Å². The lowest BCUT2D eigenvalue weighted by Crippen LogP contribution is -2.78. The van der Waals surface area contributed by atoms with E-state index < -0.39 is 17.6 Å². The minimum atomic E-state index is -0.784. The van der Waals surface area contributed by atoms with Gasteiger partial charge in [-0.2, -0.15) is 0 Å². The number of hydrogen-bond donors (Lipinski definition) is 2. The summed E-state index contributed by atoms with van der Waals surface area (Å²) in [5.41, 5.74) is 0.966. The molecule has 0 aromatic heterocycles. The Labute approximate surface area is 181 Å². The van der Waals surface area contributed by atoms with Crippen molar-refractivity contribution < 1.29 is 23.9 Å². The van der Waals surface area contributed by atoms with Crippen LogP contribution in [0.2, 0.25) is 0 Å². The van der Waals surface area contributed by atoms with Crippen LogP contribution in [0, 0.1) is 5.41 Å². The van der Waals surface area contributed by atoms with Gasteiger partial charge in [0.25, 0.3) is 0 Å². The van der Waals surface area contributed by atoms with Gasteiger partial charge in [-0.25, -0.2) is 4.79 Å². The number of esters is 1. The summed E-state index contributed by atoms with van der Waals surface area (Å²) in [4.78, 5) is 37.3. The molecule has 3 fully saturated rings. The van der Waals surface area contributed by atoms with Crippen molar-refractivity contribution >= 4 is 18.0 Å². The molecule has 3 saturated carbocycles. The maximum atomic E-state index is 13.0. The van der Waals surface area contributed by atoms with Crippen molar-refractivity contribution in [2.24, 2.45) is 5.41 Å². The van der Waals surface area contributed by atoms with E-state index in [0.29, 0.717) is 25.7 Å². The largest absolute Gasteiger partial charge is 0.469 e. The minimum absolute atomic E-state index is 0.123. The van der Waals surface area contributed by atoms with Crippen LogP contribution in [0.15, 0.2) is 60.7 Å². The van der Waals surface area contributed by atoms with E-state index in [1.807, 2.05) is 60.7 Å². The molecule has 1 atom stereocenters. The zero-order valence-electron chi connectivity index (χ0n) is 17.4. The Bertz CT molecular complexity index is 941.